The maximum atomic E-state index is 13.2. The summed E-state index contributed by atoms with van der Waals surface area (Å²) in [6.45, 7) is 5.23. The molecule has 1 N–H and O–H groups in total. The van der Waals surface area contributed by atoms with Crippen molar-refractivity contribution < 1.29 is 14.2 Å². The van der Waals surface area contributed by atoms with Crippen LogP contribution in [0.1, 0.15) is 69.3 Å². The number of aromatic amines is 1. The molecular formula is C26H34N6O4. The summed E-state index contributed by atoms with van der Waals surface area (Å²) in [6, 6.07) is 6.22. The lowest BCUT2D eigenvalue weighted by Gasteiger charge is -2.35. The lowest BCUT2D eigenvalue weighted by Crippen LogP contribution is -2.39. The topological polar surface area (TPSA) is 107 Å². The zero-order valence-electron chi connectivity index (χ0n) is 20.8. The van der Waals surface area contributed by atoms with Gasteiger partial charge in [-0.25, -0.2) is 4.68 Å². The van der Waals surface area contributed by atoms with E-state index in [4.69, 9.17) is 14.2 Å². The number of nitrogens with one attached hydrogen (secondary N) is 1. The van der Waals surface area contributed by atoms with Crippen LogP contribution in [0.15, 0.2) is 23.0 Å². The number of rotatable bonds is 8. The van der Waals surface area contributed by atoms with Gasteiger partial charge < -0.3 is 19.2 Å². The highest BCUT2D eigenvalue weighted by Gasteiger charge is 2.33. The van der Waals surface area contributed by atoms with Gasteiger partial charge in [-0.3, -0.25) is 9.69 Å². The van der Waals surface area contributed by atoms with Gasteiger partial charge in [0.15, 0.2) is 17.3 Å². The maximum absolute atomic E-state index is 13.2. The number of H-pyrrole nitrogens is 1. The van der Waals surface area contributed by atoms with Crippen LogP contribution in [0.25, 0.3) is 10.9 Å². The molecule has 0 bridgehead atoms. The van der Waals surface area contributed by atoms with Crippen molar-refractivity contribution in [2.24, 2.45) is 0 Å². The lowest BCUT2D eigenvalue weighted by atomic mass is 10.0. The van der Waals surface area contributed by atoms with Crippen LogP contribution in [0.5, 0.6) is 11.5 Å². The predicted octanol–water partition coefficient (Wildman–Crippen LogP) is 3.36. The molecule has 6 rings (SSSR count). The molecule has 2 atom stereocenters. The van der Waals surface area contributed by atoms with E-state index in [9.17, 15) is 4.79 Å². The largest absolute Gasteiger partial charge is 0.486 e. The van der Waals surface area contributed by atoms with Crippen LogP contribution in [-0.2, 0) is 17.8 Å². The molecule has 36 heavy (non-hydrogen) atoms. The van der Waals surface area contributed by atoms with E-state index in [1.165, 1.54) is 12.8 Å². The van der Waals surface area contributed by atoms with Gasteiger partial charge in [0.2, 0.25) is 0 Å². The monoisotopic (exact) mass is 494 g/mol. The van der Waals surface area contributed by atoms with Crippen LogP contribution < -0.4 is 15.0 Å². The molecule has 1 saturated heterocycles. The summed E-state index contributed by atoms with van der Waals surface area (Å²) in [6.07, 6.45) is 7.78. The fourth-order valence-corrected chi connectivity index (χ4v) is 5.96. The summed E-state index contributed by atoms with van der Waals surface area (Å²) in [7, 11) is 0. The van der Waals surface area contributed by atoms with Crippen molar-refractivity contribution in [2.75, 3.05) is 19.8 Å². The number of ether oxygens (including phenoxy) is 3. The molecule has 0 radical (unpaired) electrons. The van der Waals surface area contributed by atoms with Crippen molar-refractivity contribution in [3.8, 4) is 11.5 Å². The summed E-state index contributed by atoms with van der Waals surface area (Å²) in [5.74, 6) is 2.25. The third-order valence-corrected chi connectivity index (χ3v) is 7.78. The van der Waals surface area contributed by atoms with E-state index in [1.807, 2.05) is 22.9 Å². The molecule has 0 amide bonds. The summed E-state index contributed by atoms with van der Waals surface area (Å²) < 4.78 is 19.2. The molecule has 0 unspecified atom stereocenters. The molecule has 1 aromatic carbocycles. The molecule has 10 nitrogen and oxygen atoms in total. The number of nitrogens with zero attached hydrogens (tertiary/aromatic N) is 5. The van der Waals surface area contributed by atoms with Gasteiger partial charge in [0.05, 0.1) is 24.2 Å². The van der Waals surface area contributed by atoms with E-state index in [2.05, 4.69) is 32.3 Å². The second-order valence-corrected chi connectivity index (χ2v) is 10.1. The highest BCUT2D eigenvalue weighted by Crippen LogP contribution is 2.36. The van der Waals surface area contributed by atoms with E-state index in [-0.39, 0.29) is 17.7 Å². The minimum Gasteiger partial charge on any atom is -0.486 e. The van der Waals surface area contributed by atoms with Crippen molar-refractivity contribution in [3.05, 3.63) is 39.9 Å². The molecule has 3 aliphatic rings. The number of hydrogen-bond donors (Lipinski definition) is 1. The third-order valence-electron chi connectivity index (χ3n) is 7.78. The van der Waals surface area contributed by atoms with Crippen molar-refractivity contribution in [1.82, 2.24) is 30.1 Å². The first kappa shape index (κ1) is 23.4. The number of benzene rings is 1. The van der Waals surface area contributed by atoms with E-state index < -0.39 is 0 Å². The molecule has 1 aliphatic carbocycles. The standard InChI is InChI=1S/C26H34N6O4/c1-2-22(25-28-29-30-32(25)16-20-8-5-9-34-20)31(19-6-3-4-7-19)15-18-12-17-13-23-24(36-11-10-35-23)14-21(17)27-26(18)33/h12-14,19-20,22H,2-11,15-16H2,1H3,(H,27,33)/t20-,22-/m0/s1. The van der Waals surface area contributed by atoms with Crippen molar-refractivity contribution in [3.63, 3.8) is 0 Å². The normalized spacial score (nSPS) is 21.0. The van der Waals surface area contributed by atoms with Gasteiger partial charge in [-0.15, -0.1) is 5.10 Å². The van der Waals surface area contributed by atoms with Crippen LogP contribution in [0.3, 0.4) is 0 Å². The number of fused-ring (bicyclic) bond motifs is 2. The van der Waals surface area contributed by atoms with Crippen molar-refractivity contribution in [1.29, 1.82) is 0 Å². The second-order valence-electron chi connectivity index (χ2n) is 10.1. The van der Waals surface area contributed by atoms with Crippen LogP contribution in [0.4, 0.5) is 0 Å². The Hall–Kier alpha value is -2.98. The van der Waals surface area contributed by atoms with Gasteiger partial charge in [-0.05, 0) is 54.7 Å². The Kier molecular flexibility index (Phi) is 6.62. The Bertz CT molecular complexity index is 1260. The minimum atomic E-state index is -0.0732. The first-order chi connectivity index (χ1) is 17.7. The average molecular weight is 495 g/mol. The van der Waals surface area contributed by atoms with Crippen LogP contribution in [-0.4, -0.2) is 62.1 Å². The van der Waals surface area contributed by atoms with E-state index in [0.29, 0.717) is 38.1 Å². The second kappa shape index (κ2) is 10.2. The zero-order valence-corrected chi connectivity index (χ0v) is 20.8. The minimum absolute atomic E-state index is 0.0138. The Morgan fingerprint density at radius 3 is 2.64 bits per heavy atom. The zero-order chi connectivity index (χ0) is 24.5. The SMILES string of the molecule is CC[C@@H](c1nnnn1C[C@@H]1CCCO1)N(Cc1cc2cc3c(cc2[nH]c1=O)OCCO3)C1CCCC1. The molecule has 0 spiro atoms. The quantitative estimate of drug-likeness (QED) is 0.508. The first-order valence-corrected chi connectivity index (χ1v) is 13.3. The molecule has 192 valence electrons. The lowest BCUT2D eigenvalue weighted by molar-refractivity contribution is 0.0839. The van der Waals surface area contributed by atoms with E-state index >= 15 is 0 Å². The number of hydrogen-bond acceptors (Lipinski definition) is 8. The van der Waals surface area contributed by atoms with Crippen LogP contribution in [0.2, 0.25) is 0 Å². The fraction of sp³-hybridized carbons (Fsp3) is 0.615. The molecule has 4 heterocycles. The Morgan fingerprint density at radius 1 is 1.08 bits per heavy atom. The van der Waals surface area contributed by atoms with Gasteiger partial charge in [0, 0.05) is 36.2 Å². The Balaban J connectivity index is 1.33. The molecule has 2 aliphatic heterocycles. The highest BCUT2D eigenvalue weighted by atomic mass is 16.6. The first-order valence-electron chi connectivity index (χ1n) is 13.3. The smallest absolute Gasteiger partial charge is 0.252 e. The summed E-state index contributed by atoms with van der Waals surface area (Å²) in [4.78, 5) is 18.8. The van der Waals surface area contributed by atoms with Crippen molar-refractivity contribution >= 4 is 10.9 Å². The average Bonchev–Trinajstić information content (AvgIpc) is 3.67. The van der Waals surface area contributed by atoms with Gasteiger partial charge in [-0.1, -0.05) is 19.8 Å². The number of tetrazole rings is 1. The predicted molar refractivity (Wildman–Crippen MR) is 133 cm³/mol. The van der Waals surface area contributed by atoms with Crippen molar-refractivity contribution in [2.45, 2.75) is 83.1 Å². The van der Waals surface area contributed by atoms with Gasteiger partial charge in [0.1, 0.15) is 13.2 Å². The molecule has 3 aromatic rings. The molecule has 1 saturated carbocycles. The highest BCUT2D eigenvalue weighted by molar-refractivity contribution is 5.83. The van der Waals surface area contributed by atoms with Gasteiger partial charge >= 0.3 is 0 Å². The molecular weight excluding hydrogens is 460 g/mol. The molecule has 2 fully saturated rings. The maximum Gasteiger partial charge on any atom is 0.252 e. The van der Waals surface area contributed by atoms with E-state index in [1.54, 1.807) is 0 Å². The van der Waals surface area contributed by atoms with Crippen LogP contribution >= 0.6 is 0 Å². The fourth-order valence-electron chi connectivity index (χ4n) is 5.96. The van der Waals surface area contributed by atoms with Crippen LogP contribution in [0, 0.1) is 0 Å². The molecule has 10 heteroatoms. The summed E-state index contributed by atoms with van der Waals surface area (Å²) in [5, 5.41) is 13.8. The Morgan fingerprint density at radius 2 is 1.89 bits per heavy atom. The molecule has 2 aromatic heterocycles. The Labute approximate surface area is 209 Å². The third kappa shape index (κ3) is 4.59. The number of aromatic nitrogens is 5. The number of pyridine rings is 1. The van der Waals surface area contributed by atoms with E-state index in [0.717, 1.165) is 66.8 Å². The summed E-state index contributed by atoms with van der Waals surface area (Å²) >= 11 is 0. The van der Waals surface area contributed by atoms with Gasteiger partial charge in [-0.2, -0.15) is 0 Å². The van der Waals surface area contributed by atoms with Gasteiger partial charge in [0.25, 0.3) is 5.56 Å². The summed E-state index contributed by atoms with van der Waals surface area (Å²) in [5.41, 5.74) is 1.42.